The van der Waals surface area contributed by atoms with E-state index < -0.39 is 0 Å². The maximum absolute atomic E-state index is 6.32. The zero-order chi connectivity index (χ0) is 18.8. The van der Waals surface area contributed by atoms with Gasteiger partial charge in [0.2, 0.25) is 0 Å². The maximum Gasteiger partial charge on any atom is 0.124 e. The first kappa shape index (κ1) is 18.1. The van der Waals surface area contributed by atoms with Gasteiger partial charge in [-0.1, -0.05) is 48.0 Å². The van der Waals surface area contributed by atoms with E-state index in [1.165, 1.54) is 16.8 Å². The van der Waals surface area contributed by atoms with Crippen molar-refractivity contribution in [1.82, 2.24) is 15.1 Å². The monoisotopic (exact) mass is 381 g/mol. The number of para-hydroxylation sites is 1. The summed E-state index contributed by atoms with van der Waals surface area (Å²) in [5.41, 5.74) is 5.82. The second kappa shape index (κ2) is 7.75. The molecular weight excluding hydrogens is 358 g/mol. The fraction of sp³-hybridized carbons (Fsp3) is 0.318. The van der Waals surface area contributed by atoms with Crippen LogP contribution in [0.1, 0.15) is 40.5 Å². The van der Waals surface area contributed by atoms with Crippen LogP contribution in [0.3, 0.4) is 0 Å². The first-order valence-corrected chi connectivity index (χ1v) is 9.72. The molecule has 4 nitrogen and oxygen atoms in total. The zero-order valence-electron chi connectivity index (χ0n) is 15.7. The van der Waals surface area contributed by atoms with Crippen molar-refractivity contribution in [3.63, 3.8) is 0 Å². The van der Waals surface area contributed by atoms with Gasteiger partial charge in [0.05, 0.1) is 18.8 Å². The van der Waals surface area contributed by atoms with Gasteiger partial charge in [0.15, 0.2) is 0 Å². The van der Waals surface area contributed by atoms with Gasteiger partial charge in [-0.05, 0) is 31.5 Å². The fourth-order valence-electron chi connectivity index (χ4n) is 3.71. The summed E-state index contributed by atoms with van der Waals surface area (Å²) < 4.78 is 7.81. The molecule has 4 rings (SSSR count). The molecule has 0 saturated heterocycles. The minimum Gasteiger partial charge on any atom is -0.493 e. The van der Waals surface area contributed by atoms with Crippen LogP contribution in [0.15, 0.2) is 48.5 Å². The molecule has 1 aromatic heterocycles. The Bertz CT molecular complexity index is 950. The lowest BCUT2D eigenvalue weighted by atomic mass is 10.00. The van der Waals surface area contributed by atoms with Crippen LogP contribution in [0.5, 0.6) is 5.75 Å². The molecule has 140 valence electrons. The van der Waals surface area contributed by atoms with E-state index in [4.69, 9.17) is 21.4 Å². The summed E-state index contributed by atoms with van der Waals surface area (Å²) in [6.45, 7) is 6.43. The van der Waals surface area contributed by atoms with Gasteiger partial charge < -0.3 is 10.1 Å². The average molecular weight is 382 g/mol. The number of hydrogen-bond acceptors (Lipinski definition) is 3. The van der Waals surface area contributed by atoms with Crippen LogP contribution in [-0.2, 0) is 13.1 Å². The highest BCUT2D eigenvalue weighted by molar-refractivity contribution is 6.31. The minimum atomic E-state index is 0.306. The zero-order valence-corrected chi connectivity index (χ0v) is 16.5. The standard InChI is InChI=1S/C22H24ClN3O/c1-15-19(13-24-21-11-12-27-22-10-6-4-8-18(21)22)16(2)26(25-15)14-17-7-3-5-9-20(17)23/h3-10,21,24H,11-14H2,1-2H3. The molecule has 1 atom stereocenters. The van der Waals surface area contributed by atoms with Gasteiger partial charge in [-0.15, -0.1) is 0 Å². The Morgan fingerprint density at radius 2 is 1.93 bits per heavy atom. The lowest BCUT2D eigenvalue weighted by molar-refractivity contribution is 0.252. The second-order valence-corrected chi connectivity index (χ2v) is 7.41. The molecule has 0 bridgehead atoms. The molecule has 1 unspecified atom stereocenters. The van der Waals surface area contributed by atoms with E-state index >= 15 is 0 Å². The molecule has 1 aliphatic rings. The third-order valence-electron chi connectivity index (χ3n) is 5.29. The molecule has 0 spiro atoms. The van der Waals surface area contributed by atoms with Gasteiger partial charge in [0.1, 0.15) is 5.75 Å². The molecule has 2 heterocycles. The normalized spacial score (nSPS) is 16.0. The van der Waals surface area contributed by atoms with E-state index in [2.05, 4.69) is 37.4 Å². The lowest BCUT2D eigenvalue weighted by Gasteiger charge is -2.26. The van der Waals surface area contributed by atoms with Crippen LogP contribution >= 0.6 is 11.6 Å². The molecule has 0 aliphatic carbocycles. The summed E-state index contributed by atoms with van der Waals surface area (Å²) in [7, 11) is 0. The lowest BCUT2D eigenvalue weighted by Crippen LogP contribution is -2.27. The van der Waals surface area contributed by atoms with Crippen molar-refractivity contribution < 1.29 is 4.74 Å². The van der Waals surface area contributed by atoms with Crippen molar-refractivity contribution in [3.05, 3.63) is 81.6 Å². The van der Waals surface area contributed by atoms with Gasteiger partial charge in [-0.2, -0.15) is 5.10 Å². The third-order valence-corrected chi connectivity index (χ3v) is 5.66. The van der Waals surface area contributed by atoms with Crippen LogP contribution in [0.4, 0.5) is 0 Å². The minimum absolute atomic E-state index is 0.306. The third kappa shape index (κ3) is 3.73. The number of halogens is 1. The predicted octanol–water partition coefficient (Wildman–Crippen LogP) is 4.82. The summed E-state index contributed by atoms with van der Waals surface area (Å²) in [5.74, 6) is 0.990. The van der Waals surface area contributed by atoms with Gasteiger partial charge in [-0.25, -0.2) is 0 Å². The molecule has 27 heavy (non-hydrogen) atoms. The van der Waals surface area contributed by atoms with Crippen LogP contribution < -0.4 is 10.1 Å². The van der Waals surface area contributed by atoms with E-state index in [0.29, 0.717) is 12.6 Å². The largest absolute Gasteiger partial charge is 0.493 e. The Labute approximate surface area is 165 Å². The molecule has 1 aliphatic heterocycles. The molecule has 0 amide bonds. The summed E-state index contributed by atoms with van der Waals surface area (Å²) in [6, 6.07) is 16.5. The highest BCUT2D eigenvalue weighted by Gasteiger charge is 2.21. The highest BCUT2D eigenvalue weighted by Crippen LogP contribution is 2.32. The molecule has 3 aromatic rings. The Morgan fingerprint density at radius 3 is 2.78 bits per heavy atom. The van der Waals surface area contributed by atoms with E-state index in [9.17, 15) is 0 Å². The number of aryl methyl sites for hydroxylation is 1. The average Bonchev–Trinajstić information content (AvgIpc) is 2.95. The van der Waals surface area contributed by atoms with Gasteiger partial charge in [-0.3, -0.25) is 4.68 Å². The Kier molecular flexibility index (Phi) is 5.19. The summed E-state index contributed by atoms with van der Waals surface area (Å²) in [4.78, 5) is 0. The van der Waals surface area contributed by atoms with Crippen molar-refractivity contribution in [2.24, 2.45) is 0 Å². The molecule has 2 aromatic carbocycles. The summed E-state index contributed by atoms with van der Waals surface area (Å²) in [5, 5.41) is 9.23. The highest BCUT2D eigenvalue weighted by atomic mass is 35.5. The first-order valence-electron chi connectivity index (χ1n) is 9.35. The number of fused-ring (bicyclic) bond motifs is 1. The Balaban J connectivity index is 1.51. The van der Waals surface area contributed by atoms with Crippen LogP contribution in [0, 0.1) is 13.8 Å². The van der Waals surface area contributed by atoms with E-state index in [1.807, 2.05) is 35.0 Å². The topological polar surface area (TPSA) is 39.1 Å². The van der Waals surface area contributed by atoms with E-state index in [-0.39, 0.29) is 0 Å². The van der Waals surface area contributed by atoms with Gasteiger partial charge in [0.25, 0.3) is 0 Å². The van der Waals surface area contributed by atoms with Crippen molar-refractivity contribution >= 4 is 11.6 Å². The van der Waals surface area contributed by atoms with Crippen LogP contribution in [0.2, 0.25) is 5.02 Å². The molecular formula is C22H24ClN3O. The van der Waals surface area contributed by atoms with Crippen molar-refractivity contribution in [2.45, 2.75) is 39.4 Å². The van der Waals surface area contributed by atoms with E-state index in [0.717, 1.165) is 41.6 Å². The molecule has 0 radical (unpaired) electrons. The number of aromatic nitrogens is 2. The molecule has 1 N–H and O–H groups in total. The molecule has 5 heteroatoms. The van der Waals surface area contributed by atoms with Crippen molar-refractivity contribution in [2.75, 3.05) is 6.61 Å². The quantitative estimate of drug-likeness (QED) is 0.689. The fourth-order valence-corrected chi connectivity index (χ4v) is 3.91. The SMILES string of the molecule is Cc1nn(Cc2ccccc2Cl)c(C)c1CNC1CCOc2ccccc21. The van der Waals surface area contributed by atoms with E-state index in [1.54, 1.807) is 0 Å². The maximum atomic E-state index is 6.32. The van der Waals surface area contributed by atoms with Crippen molar-refractivity contribution in [1.29, 1.82) is 0 Å². The summed E-state index contributed by atoms with van der Waals surface area (Å²) >= 11 is 6.32. The van der Waals surface area contributed by atoms with Gasteiger partial charge >= 0.3 is 0 Å². The predicted molar refractivity (Wildman–Crippen MR) is 108 cm³/mol. The number of rotatable bonds is 5. The Hall–Kier alpha value is -2.30. The second-order valence-electron chi connectivity index (χ2n) is 7.01. The number of nitrogens with one attached hydrogen (secondary N) is 1. The van der Waals surface area contributed by atoms with Crippen molar-refractivity contribution in [3.8, 4) is 5.75 Å². The molecule has 0 fully saturated rings. The van der Waals surface area contributed by atoms with Crippen LogP contribution in [-0.4, -0.2) is 16.4 Å². The Morgan fingerprint density at radius 1 is 1.15 bits per heavy atom. The smallest absolute Gasteiger partial charge is 0.124 e. The van der Waals surface area contributed by atoms with Gasteiger partial charge in [0, 0.05) is 40.9 Å². The first-order chi connectivity index (χ1) is 13.1. The number of ether oxygens (including phenoxy) is 1. The van der Waals surface area contributed by atoms with Crippen LogP contribution in [0.25, 0.3) is 0 Å². The molecule has 0 saturated carbocycles. The summed E-state index contributed by atoms with van der Waals surface area (Å²) in [6.07, 6.45) is 0.975. The number of nitrogens with zero attached hydrogens (tertiary/aromatic N) is 2. The number of benzene rings is 2. The number of hydrogen-bond donors (Lipinski definition) is 1.